The first kappa shape index (κ1) is 11.4. The number of hydrogen-bond acceptors (Lipinski definition) is 2. The molecule has 0 radical (unpaired) electrons. The van der Waals surface area contributed by atoms with E-state index in [-0.39, 0.29) is 24.4 Å². The summed E-state index contributed by atoms with van der Waals surface area (Å²) in [6.45, 7) is 0. The highest BCUT2D eigenvalue weighted by atomic mass is 16.2. The smallest absolute Gasteiger partial charge is 0.203 e. The molecule has 0 spiro atoms. The van der Waals surface area contributed by atoms with Crippen molar-refractivity contribution in [2.45, 2.75) is 12.8 Å². The van der Waals surface area contributed by atoms with Crippen molar-refractivity contribution in [3.63, 3.8) is 0 Å². The summed E-state index contributed by atoms with van der Waals surface area (Å²) in [4.78, 5) is 23.3. The summed E-state index contributed by atoms with van der Waals surface area (Å²) in [7, 11) is 0. The maximum absolute atomic E-state index is 11.7. The van der Waals surface area contributed by atoms with Crippen LogP contribution in [0.1, 0.15) is 11.1 Å². The molecule has 0 bridgehead atoms. The monoisotopic (exact) mass is 260 g/mol. The standard InChI is InChI=1S/C18H12O2/c19-17-9-12-6-8-14-13-4-2-1-3-11(13)5-7-15(14)16(12)10-18(17)20/h1-8H,9-10H2. The third-order valence-electron chi connectivity index (χ3n) is 4.13. The van der Waals surface area contributed by atoms with Gasteiger partial charge in [-0.2, -0.15) is 0 Å². The van der Waals surface area contributed by atoms with Crippen LogP contribution < -0.4 is 0 Å². The van der Waals surface area contributed by atoms with Crippen molar-refractivity contribution >= 4 is 33.1 Å². The molecule has 0 aromatic heterocycles. The van der Waals surface area contributed by atoms with Crippen molar-refractivity contribution in [1.82, 2.24) is 0 Å². The molecule has 20 heavy (non-hydrogen) atoms. The molecule has 0 saturated carbocycles. The van der Waals surface area contributed by atoms with Crippen LogP contribution in [0.3, 0.4) is 0 Å². The fourth-order valence-corrected chi connectivity index (χ4v) is 3.10. The third-order valence-corrected chi connectivity index (χ3v) is 4.13. The molecule has 3 aromatic rings. The predicted molar refractivity (Wildman–Crippen MR) is 78.9 cm³/mol. The van der Waals surface area contributed by atoms with Crippen LogP contribution in [0.5, 0.6) is 0 Å². The Hall–Kier alpha value is -2.48. The first-order chi connectivity index (χ1) is 9.74. The van der Waals surface area contributed by atoms with Crippen LogP contribution in [0, 0.1) is 0 Å². The van der Waals surface area contributed by atoms with Crippen molar-refractivity contribution in [1.29, 1.82) is 0 Å². The van der Waals surface area contributed by atoms with Crippen LogP contribution in [-0.4, -0.2) is 11.6 Å². The van der Waals surface area contributed by atoms with Gasteiger partial charge in [0.2, 0.25) is 11.6 Å². The van der Waals surface area contributed by atoms with E-state index in [1.54, 1.807) is 0 Å². The minimum absolute atomic E-state index is 0.240. The number of hydrogen-bond donors (Lipinski definition) is 0. The fourth-order valence-electron chi connectivity index (χ4n) is 3.10. The largest absolute Gasteiger partial charge is 0.291 e. The van der Waals surface area contributed by atoms with Gasteiger partial charge in [-0.1, -0.05) is 48.5 Å². The van der Waals surface area contributed by atoms with Gasteiger partial charge >= 0.3 is 0 Å². The Labute approximate surface area is 116 Å². The zero-order chi connectivity index (χ0) is 13.7. The molecular weight excluding hydrogens is 248 g/mol. The van der Waals surface area contributed by atoms with Crippen LogP contribution in [0.4, 0.5) is 0 Å². The van der Waals surface area contributed by atoms with E-state index in [0.717, 1.165) is 21.9 Å². The van der Waals surface area contributed by atoms with E-state index in [0.29, 0.717) is 0 Å². The summed E-state index contributed by atoms with van der Waals surface area (Å²) in [6, 6.07) is 16.4. The van der Waals surface area contributed by atoms with Gasteiger partial charge in [0.05, 0.1) is 0 Å². The number of ketones is 2. The molecule has 0 amide bonds. The van der Waals surface area contributed by atoms with Gasteiger partial charge in [0, 0.05) is 12.8 Å². The van der Waals surface area contributed by atoms with E-state index in [1.807, 2.05) is 18.2 Å². The van der Waals surface area contributed by atoms with E-state index in [4.69, 9.17) is 0 Å². The molecule has 96 valence electrons. The summed E-state index contributed by atoms with van der Waals surface area (Å²) in [5, 5.41) is 4.64. The first-order valence-corrected chi connectivity index (χ1v) is 6.72. The molecule has 1 aliphatic carbocycles. The van der Waals surface area contributed by atoms with Gasteiger partial charge in [0.25, 0.3) is 0 Å². The number of carbonyl (C=O) groups is 2. The minimum Gasteiger partial charge on any atom is -0.291 e. The topological polar surface area (TPSA) is 34.1 Å². The number of benzene rings is 3. The van der Waals surface area contributed by atoms with Gasteiger partial charge in [0.1, 0.15) is 0 Å². The number of Topliss-reactive ketones (excluding diaryl/α,β-unsaturated/α-hetero) is 2. The van der Waals surface area contributed by atoms with Crippen molar-refractivity contribution < 1.29 is 9.59 Å². The van der Waals surface area contributed by atoms with Crippen LogP contribution >= 0.6 is 0 Å². The van der Waals surface area contributed by atoms with Crippen molar-refractivity contribution in [3.05, 3.63) is 59.7 Å². The average molecular weight is 260 g/mol. The highest BCUT2D eigenvalue weighted by molar-refractivity contribution is 6.39. The highest BCUT2D eigenvalue weighted by Crippen LogP contribution is 2.31. The van der Waals surface area contributed by atoms with Gasteiger partial charge in [-0.25, -0.2) is 0 Å². The van der Waals surface area contributed by atoms with Gasteiger partial charge in [0.15, 0.2) is 0 Å². The second-order valence-corrected chi connectivity index (χ2v) is 5.28. The molecule has 2 heteroatoms. The normalized spacial score (nSPS) is 14.8. The van der Waals surface area contributed by atoms with E-state index in [2.05, 4.69) is 30.3 Å². The van der Waals surface area contributed by atoms with Crippen molar-refractivity contribution in [2.24, 2.45) is 0 Å². The maximum Gasteiger partial charge on any atom is 0.203 e. The Kier molecular flexibility index (Phi) is 2.27. The van der Waals surface area contributed by atoms with E-state index < -0.39 is 0 Å². The van der Waals surface area contributed by atoms with Gasteiger partial charge in [-0.05, 0) is 32.7 Å². The number of rotatable bonds is 0. The highest BCUT2D eigenvalue weighted by Gasteiger charge is 2.25. The van der Waals surface area contributed by atoms with E-state index in [9.17, 15) is 9.59 Å². The Bertz CT molecular complexity index is 890. The van der Waals surface area contributed by atoms with Crippen LogP contribution in [0.2, 0.25) is 0 Å². The van der Waals surface area contributed by atoms with Gasteiger partial charge < -0.3 is 0 Å². The molecule has 0 atom stereocenters. The predicted octanol–water partition coefficient (Wildman–Crippen LogP) is 3.23. The number of fused-ring (bicyclic) bond motifs is 5. The second kappa shape index (κ2) is 4.01. The Morgan fingerprint density at radius 1 is 0.650 bits per heavy atom. The Balaban J connectivity index is 2.10. The summed E-state index contributed by atoms with van der Waals surface area (Å²) in [5.41, 5.74) is 2.02. The molecule has 0 unspecified atom stereocenters. The molecule has 0 fully saturated rings. The first-order valence-electron chi connectivity index (χ1n) is 6.72. The molecule has 0 saturated heterocycles. The van der Waals surface area contributed by atoms with Gasteiger partial charge in [-0.15, -0.1) is 0 Å². The average Bonchev–Trinajstić information content (AvgIpc) is 2.48. The third kappa shape index (κ3) is 1.51. The van der Waals surface area contributed by atoms with Crippen LogP contribution in [0.25, 0.3) is 21.5 Å². The number of carbonyl (C=O) groups excluding carboxylic acids is 2. The lowest BCUT2D eigenvalue weighted by Gasteiger charge is -2.17. The zero-order valence-electron chi connectivity index (χ0n) is 10.8. The molecule has 0 aliphatic heterocycles. The molecule has 2 nitrogen and oxygen atoms in total. The van der Waals surface area contributed by atoms with Crippen molar-refractivity contribution in [2.75, 3.05) is 0 Å². The lowest BCUT2D eigenvalue weighted by Crippen LogP contribution is -2.25. The van der Waals surface area contributed by atoms with E-state index >= 15 is 0 Å². The zero-order valence-corrected chi connectivity index (χ0v) is 10.8. The Morgan fingerprint density at radius 3 is 2.30 bits per heavy atom. The minimum atomic E-state index is -0.266. The quantitative estimate of drug-likeness (QED) is 0.459. The molecular formula is C18H12O2. The van der Waals surface area contributed by atoms with Crippen molar-refractivity contribution in [3.8, 4) is 0 Å². The maximum atomic E-state index is 11.7. The molecule has 3 aromatic carbocycles. The second-order valence-electron chi connectivity index (χ2n) is 5.28. The molecule has 1 aliphatic rings. The SMILES string of the molecule is O=C1Cc2ccc3c(ccc4ccccc43)c2CC1=O. The Morgan fingerprint density at radius 2 is 1.40 bits per heavy atom. The van der Waals surface area contributed by atoms with Gasteiger partial charge in [-0.3, -0.25) is 9.59 Å². The van der Waals surface area contributed by atoms with Crippen LogP contribution in [-0.2, 0) is 22.4 Å². The summed E-state index contributed by atoms with van der Waals surface area (Å²) >= 11 is 0. The lowest BCUT2D eigenvalue weighted by molar-refractivity contribution is -0.136. The molecule has 4 rings (SSSR count). The lowest BCUT2D eigenvalue weighted by atomic mass is 9.85. The van der Waals surface area contributed by atoms with E-state index in [1.165, 1.54) is 10.8 Å². The summed E-state index contributed by atoms with van der Waals surface area (Å²) in [6.07, 6.45) is 0.487. The van der Waals surface area contributed by atoms with Crippen LogP contribution in [0.15, 0.2) is 48.5 Å². The molecule has 0 heterocycles. The summed E-state index contributed by atoms with van der Waals surface area (Å²) < 4.78 is 0. The fraction of sp³-hybridized carbons (Fsp3) is 0.111. The summed E-state index contributed by atoms with van der Waals surface area (Å²) in [5.74, 6) is -0.532. The molecule has 0 N–H and O–H groups in total.